The lowest BCUT2D eigenvalue weighted by Gasteiger charge is -1.93. The molecule has 0 heterocycles. The first-order chi connectivity index (χ1) is 4.50. The smallest absolute Gasteiger partial charge is 0.0533 e. The predicted molar refractivity (Wildman–Crippen MR) is 56.0 cm³/mol. The molecular formula is C9H26O4. The molecule has 8 N–H and O–H groups in total. The van der Waals surface area contributed by atoms with Gasteiger partial charge in [0.25, 0.3) is 0 Å². The molecule has 86 valence electrons. The van der Waals surface area contributed by atoms with Gasteiger partial charge in [-0.1, -0.05) is 57.8 Å². The van der Waals surface area contributed by atoms with Gasteiger partial charge < -0.3 is 21.9 Å². The molecule has 1 rings (SSSR count). The Hall–Kier alpha value is -0.160. The van der Waals surface area contributed by atoms with Crippen molar-refractivity contribution in [3.63, 3.8) is 0 Å². The molecule has 0 saturated heterocycles. The molecule has 0 aromatic rings. The van der Waals surface area contributed by atoms with Crippen LogP contribution in [0.1, 0.15) is 57.8 Å². The number of rotatable bonds is 0. The molecule has 0 atom stereocenters. The number of hydrogen-bond acceptors (Lipinski definition) is 0. The average Bonchev–Trinajstić information content (AvgIpc) is 2.00. The van der Waals surface area contributed by atoms with E-state index in [2.05, 4.69) is 0 Å². The summed E-state index contributed by atoms with van der Waals surface area (Å²) in [5.74, 6) is 0. The van der Waals surface area contributed by atoms with Crippen molar-refractivity contribution in [2.24, 2.45) is 0 Å². The maximum Gasteiger partial charge on any atom is -0.0533 e. The molecule has 0 unspecified atom stereocenters. The second-order valence-electron chi connectivity index (χ2n) is 3.18. The van der Waals surface area contributed by atoms with Crippen molar-refractivity contribution < 1.29 is 21.9 Å². The average molecular weight is 198 g/mol. The Morgan fingerprint density at radius 3 is 0.385 bits per heavy atom. The predicted octanol–water partition coefficient (Wildman–Crippen LogP) is 0.212. The summed E-state index contributed by atoms with van der Waals surface area (Å²) < 4.78 is 0. The Morgan fingerprint density at radius 2 is 0.308 bits per heavy atom. The standard InChI is InChI=1S/C9H18.4H2O/c1-2-4-6-8-9-7-5-3-1;;;;/h1-9H2;4*1H2. The van der Waals surface area contributed by atoms with Gasteiger partial charge in [-0.25, -0.2) is 0 Å². The van der Waals surface area contributed by atoms with E-state index < -0.39 is 0 Å². The molecule has 0 spiro atoms. The molecule has 4 heteroatoms. The Morgan fingerprint density at radius 1 is 0.231 bits per heavy atom. The highest BCUT2D eigenvalue weighted by molar-refractivity contribution is 4.51. The van der Waals surface area contributed by atoms with E-state index in [1.54, 1.807) is 0 Å². The molecule has 4 nitrogen and oxygen atoms in total. The van der Waals surface area contributed by atoms with Crippen LogP contribution in [0.3, 0.4) is 0 Å². The van der Waals surface area contributed by atoms with Crippen LogP contribution in [0.25, 0.3) is 0 Å². The van der Waals surface area contributed by atoms with E-state index in [4.69, 9.17) is 0 Å². The van der Waals surface area contributed by atoms with Gasteiger partial charge in [-0.15, -0.1) is 0 Å². The molecule has 1 aliphatic carbocycles. The Balaban J connectivity index is -0.000000101. The molecule has 1 fully saturated rings. The third kappa shape index (κ3) is 14.7. The van der Waals surface area contributed by atoms with Crippen molar-refractivity contribution in [2.75, 3.05) is 0 Å². The highest BCUT2D eigenvalue weighted by atomic mass is 16.0. The van der Waals surface area contributed by atoms with E-state index in [-0.39, 0.29) is 21.9 Å². The van der Waals surface area contributed by atoms with E-state index >= 15 is 0 Å². The summed E-state index contributed by atoms with van der Waals surface area (Å²) in [6.45, 7) is 0. The molecular weight excluding hydrogens is 172 g/mol. The Kier molecular flexibility index (Phi) is 31.5. The summed E-state index contributed by atoms with van der Waals surface area (Å²) in [6.07, 6.45) is 13.5. The van der Waals surface area contributed by atoms with Crippen LogP contribution >= 0.6 is 0 Å². The minimum atomic E-state index is 0. The van der Waals surface area contributed by atoms with Crippen LogP contribution < -0.4 is 0 Å². The van der Waals surface area contributed by atoms with Crippen molar-refractivity contribution in [3.8, 4) is 0 Å². The molecule has 1 aliphatic rings. The fourth-order valence-corrected chi connectivity index (χ4v) is 1.59. The molecule has 0 aromatic carbocycles. The molecule has 1 saturated carbocycles. The van der Waals surface area contributed by atoms with Gasteiger partial charge in [0.15, 0.2) is 0 Å². The second-order valence-corrected chi connectivity index (χ2v) is 3.18. The van der Waals surface area contributed by atoms with Gasteiger partial charge in [-0.3, -0.25) is 0 Å². The van der Waals surface area contributed by atoms with Crippen LogP contribution in [0.15, 0.2) is 0 Å². The minimum absolute atomic E-state index is 0. The summed E-state index contributed by atoms with van der Waals surface area (Å²) in [5, 5.41) is 0. The second kappa shape index (κ2) is 17.8. The number of hydrogen-bond donors (Lipinski definition) is 0. The zero-order valence-electron chi connectivity index (χ0n) is 8.36. The molecule has 0 radical (unpaired) electrons. The van der Waals surface area contributed by atoms with Crippen LogP contribution in [0.2, 0.25) is 0 Å². The first-order valence-corrected chi connectivity index (χ1v) is 4.50. The minimum Gasteiger partial charge on any atom is -0.412 e. The summed E-state index contributed by atoms with van der Waals surface area (Å²) in [7, 11) is 0. The van der Waals surface area contributed by atoms with Crippen LogP contribution in [-0.2, 0) is 0 Å². The van der Waals surface area contributed by atoms with Gasteiger partial charge in [0.2, 0.25) is 0 Å². The van der Waals surface area contributed by atoms with Gasteiger partial charge in [-0.05, 0) is 0 Å². The fraction of sp³-hybridized carbons (Fsp3) is 1.00. The van der Waals surface area contributed by atoms with E-state index in [1.165, 1.54) is 57.8 Å². The van der Waals surface area contributed by atoms with E-state index in [9.17, 15) is 0 Å². The quantitative estimate of drug-likeness (QED) is 0.527. The summed E-state index contributed by atoms with van der Waals surface area (Å²) in [4.78, 5) is 0. The zero-order chi connectivity index (χ0) is 6.36. The largest absolute Gasteiger partial charge is 0.412 e. The van der Waals surface area contributed by atoms with Gasteiger partial charge >= 0.3 is 0 Å². The molecule has 0 aromatic heterocycles. The first-order valence-electron chi connectivity index (χ1n) is 4.50. The van der Waals surface area contributed by atoms with E-state index in [0.717, 1.165) is 0 Å². The van der Waals surface area contributed by atoms with Crippen LogP contribution in [0, 0.1) is 0 Å². The van der Waals surface area contributed by atoms with Crippen LogP contribution in [-0.4, -0.2) is 21.9 Å². The maximum absolute atomic E-state index is 1.50. The Bertz CT molecular complexity index is 40.1. The molecule has 0 bridgehead atoms. The lowest BCUT2D eigenvalue weighted by molar-refractivity contribution is 0.624. The lowest BCUT2D eigenvalue weighted by Crippen LogP contribution is -1.73. The first kappa shape index (κ1) is 23.0. The molecule has 0 amide bonds. The third-order valence-corrected chi connectivity index (χ3v) is 2.25. The zero-order valence-corrected chi connectivity index (χ0v) is 8.36. The van der Waals surface area contributed by atoms with Gasteiger partial charge in [0.1, 0.15) is 0 Å². The van der Waals surface area contributed by atoms with Crippen molar-refractivity contribution in [3.05, 3.63) is 0 Å². The monoisotopic (exact) mass is 198 g/mol. The Labute approximate surface area is 80.6 Å². The summed E-state index contributed by atoms with van der Waals surface area (Å²) in [5.41, 5.74) is 0. The van der Waals surface area contributed by atoms with Crippen LogP contribution in [0.5, 0.6) is 0 Å². The maximum atomic E-state index is 1.50. The SMILES string of the molecule is C1CCCCCCCC1.O.O.O.O. The topological polar surface area (TPSA) is 126 Å². The van der Waals surface area contributed by atoms with Crippen molar-refractivity contribution in [1.29, 1.82) is 0 Å². The van der Waals surface area contributed by atoms with Crippen molar-refractivity contribution in [2.45, 2.75) is 57.8 Å². The van der Waals surface area contributed by atoms with Gasteiger partial charge in [0.05, 0.1) is 0 Å². The van der Waals surface area contributed by atoms with E-state index in [1.807, 2.05) is 0 Å². The van der Waals surface area contributed by atoms with Crippen LogP contribution in [0.4, 0.5) is 0 Å². The summed E-state index contributed by atoms with van der Waals surface area (Å²) >= 11 is 0. The van der Waals surface area contributed by atoms with Crippen molar-refractivity contribution >= 4 is 0 Å². The third-order valence-electron chi connectivity index (χ3n) is 2.25. The highest BCUT2D eigenvalue weighted by Gasteiger charge is 1.95. The fourth-order valence-electron chi connectivity index (χ4n) is 1.59. The molecule has 13 heavy (non-hydrogen) atoms. The van der Waals surface area contributed by atoms with Crippen molar-refractivity contribution in [1.82, 2.24) is 0 Å². The highest BCUT2D eigenvalue weighted by Crippen LogP contribution is 2.15. The van der Waals surface area contributed by atoms with Gasteiger partial charge in [0, 0.05) is 0 Å². The van der Waals surface area contributed by atoms with E-state index in [0.29, 0.717) is 0 Å². The molecule has 0 aliphatic heterocycles. The van der Waals surface area contributed by atoms with Gasteiger partial charge in [-0.2, -0.15) is 0 Å². The normalized spacial score (nSPS) is 16.6. The summed E-state index contributed by atoms with van der Waals surface area (Å²) in [6, 6.07) is 0. The lowest BCUT2D eigenvalue weighted by atomic mass is 10.1.